The Labute approximate surface area is 92.0 Å². The second-order valence-corrected chi connectivity index (χ2v) is 3.63. The molecule has 0 atom stereocenters. The Morgan fingerprint density at radius 1 is 1.53 bits per heavy atom. The highest BCUT2D eigenvalue weighted by atomic mass is 16.5. The van der Waals surface area contributed by atoms with E-state index >= 15 is 0 Å². The molecule has 15 heavy (non-hydrogen) atoms. The van der Waals surface area contributed by atoms with Gasteiger partial charge in [-0.15, -0.1) is 0 Å². The van der Waals surface area contributed by atoms with Crippen LogP contribution < -0.4 is 0 Å². The molecule has 1 aliphatic heterocycles. The fraction of sp³-hybridized carbons (Fsp3) is 0.727. The summed E-state index contributed by atoms with van der Waals surface area (Å²) >= 11 is 0. The van der Waals surface area contributed by atoms with Crippen molar-refractivity contribution < 1.29 is 4.74 Å². The molecular weight excluding hydrogens is 190 g/mol. The Bertz CT molecular complexity index is 212. The topological polar surface area (TPSA) is 39.6 Å². The van der Waals surface area contributed by atoms with Crippen molar-refractivity contribution in [1.82, 2.24) is 9.80 Å². The van der Waals surface area contributed by atoms with Gasteiger partial charge >= 0.3 is 0 Å². The van der Waals surface area contributed by atoms with Crippen LogP contribution in [-0.4, -0.2) is 55.0 Å². The van der Waals surface area contributed by atoms with E-state index in [9.17, 15) is 0 Å². The van der Waals surface area contributed by atoms with Gasteiger partial charge in [0.1, 0.15) is 0 Å². The van der Waals surface area contributed by atoms with Gasteiger partial charge in [0.15, 0.2) is 0 Å². The van der Waals surface area contributed by atoms with Crippen LogP contribution in [0.25, 0.3) is 0 Å². The maximum atomic E-state index is 7.72. The van der Waals surface area contributed by atoms with Crippen molar-refractivity contribution in [3.63, 3.8) is 0 Å². The third-order valence-corrected chi connectivity index (χ3v) is 2.66. The van der Waals surface area contributed by atoms with Crippen molar-refractivity contribution in [2.75, 3.05) is 39.4 Å². The van der Waals surface area contributed by atoms with Crippen LogP contribution in [0.2, 0.25) is 0 Å². The van der Waals surface area contributed by atoms with E-state index in [0.717, 1.165) is 45.8 Å². The molecule has 0 aromatic heterocycles. The zero-order chi connectivity index (χ0) is 11.1. The molecule has 0 spiro atoms. The molecule has 1 heterocycles. The van der Waals surface area contributed by atoms with E-state index in [0.29, 0.717) is 5.84 Å². The fourth-order valence-electron chi connectivity index (χ4n) is 1.61. The Hall–Kier alpha value is -0.870. The van der Waals surface area contributed by atoms with Gasteiger partial charge in [-0.05, 0) is 6.20 Å². The second-order valence-electron chi connectivity index (χ2n) is 3.63. The predicted molar refractivity (Wildman–Crippen MR) is 62.2 cm³/mol. The van der Waals surface area contributed by atoms with Crippen LogP contribution in [0.1, 0.15) is 13.3 Å². The molecule has 0 bridgehead atoms. The first-order valence-corrected chi connectivity index (χ1v) is 5.54. The van der Waals surface area contributed by atoms with E-state index in [1.54, 1.807) is 6.20 Å². The summed E-state index contributed by atoms with van der Waals surface area (Å²) in [5, 5.41) is 7.72. The minimum absolute atomic E-state index is 0.637. The highest BCUT2D eigenvalue weighted by molar-refractivity contribution is 5.79. The molecule has 1 saturated heterocycles. The average Bonchev–Trinajstić information content (AvgIpc) is 2.31. The van der Waals surface area contributed by atoms with E-state index in [1.165, 1.54) is 0 Å². The van der Waals surface area contributed by atoms with Crippen molar-refractivity contribution in [3.8, 4) is 0 Å². The standard InChI is InChI=1S/C11H21N3O/c1-3-11(12)14(4-2)6-5-13-7-9-15-10-8-13/h4,12H,2-3,5-10H2,1H3. The predicted octanol–water partition coefficient (Wildman–Crippen LogP) is 1.15. The van der Waals surface area contributed by atoms with Gasteiger partial charge in [0.2, 0.25) is 0 Å². The summed E-state index contributed by atoms with van der Waals surface area (Å²) < 4.78 is 5.28. The summed E-state index contributed by atoms with van der Waals surface area (Å²) in [4.78, 5) is 4.28. The lowest BCUT2D eigenvalue weighted by atomic mass is 10.3. The maximum absolute atomic E-state index is 7.72. The molecule has 4 heteroatoms. The molecule has 1 aliphatic rings. The first-order valence-electron chi connectivity index (χ1n) is 5.54. The number of rotatable bonds is 5. The van der Waals surface area contributed by atoms with Gasteiger partial charge < -0.3 is 9.64 Å². The first kappa shape index (κ1) is 12.2. The van der Waals surface area contributed by atoms with Gasteiger partial charge in [0.25, 0.3) is 0 Å². The fourth-order valence-corrected chi connectivity index (χ4v) is 1.61. The van der Waals surface area contributed by atoms with Gasteiger partial charge in [0, 0.05) is 32.6 Å². The lowest BCUT2D eigenvalue weighted by Crippen LogP contribution is -2.41. The van der Waals surface area contributed by atoms with Crippen LogP contribution in [0.4, 0.5) is 0 Å². The molecule has 0 aliphatic carbocycles. The second kappa shape index (κ2) is 6.58. The van der Waals surface area contributed by atoms with Crippen LogP contribution in [0, 0.1) is 5.41 Å². The van der Waals surface area contributed by atoms with Crippen molar-refractivity contribution in [2.24, 2.45) is 0 Å². The zero-order valence-electron chi connectivity index (χ0n) is 9.54. The molecule has 0 aromatic carbocycles. The molecule has 0 radical (unpaired) electrons. The Morgan fingerprint density at radius 2 is 2.20 bits per heavy atom. The minimum atomic E-state index is 0.637. The van der Waals surface area contributed by atoms with Crippen LogP contribution in [0.3, 0.4) is 0 Å². The summed E-state index contributed by atoms with van der Waals surface area (Å²) in [5.41, 5.74) is 0. The minimum Gasteiger partial charge on any atom is -0.379 e. The number of nitrogens with one attached hydrogen (secondary N) is 1. The zero-order valence-corrected chi connectivity index (χ0v) is 9.54. The molecule has 0 aromatic rings. The van der Waals surface area contributed by atoms with Gasteiger partial charge in [-0.3, -0.25) is 10.3 Å². The number of amidine groups is 1. The molecule has 0 amide bonds. The number of nitrogens with zero attached hydrogens (tertiary/aromatic N) is 2. The van der Waals surface area contributed by atoms with E-state index in [-0.39, 0.29) is 0 Å². The Balaban J connectivity index is 2.26. The summed E-state index contributed by atoms with van der Waals surface area (Å²) in [6, 6.07) is 0. The summed E-state index contributed by atoms with van der Waals surface area (Å²) in [5.74, 6) is 0.637. The van der Waals surface area contributed by atoms with Gasteiger partial charge in [-0.1, -0.05) is 13.5 Å². The monoisotopic (exact) mass is 211 g/mol. The van der Waals surface area contributed by atoms with Crippen molar-refractivity contribution >= 4 is 5.84 Å². The SMILES string of the molecule is C=CN(CCN1CCOCC1)C(=N)CC. The maximum Gasteiger partial charge on any atom is 0.0995 e. The first-order chi connectivity index (χ1) is 7.27. The average molecular weight is 211 g/mol. The van der Waals surface area contributed by atoms with E-state index < -0.39 is 0 Å². The molecular formula is C11H21N3O. The molecule has 0 unspecified atom stereocenters. The highest BCUT2D eigenvalue weighted by Crippen LogP contribution is 1.99. The van der Waals surface area contributed by atoms with E-state index in [4.69, 9.17) is 10.1 Å². The van der Waals surface area contributed by atoms with Crippen molar-refractivity contribution in [3.05, 3.63) is 12.8 Å². The number of hydrogen-bond donors (Lipinski definition) is 1. The molecule has 1 fully saturated rings. The number of ether oxygens (including phenoxy) is 1. The normalized spacial score (nSPS) is 17.4. The van der Waals surface area contributed by atoms with Crippen LogP contribution >= 0.6 is 0 Å². The smallest absolute Gasteiger partial charge is 0.0995 e. The van der Waals surface area contributed by atoms with E-state index in [1.807, 2.05) is 11.8 Å². The molecule has 1 N–H and O–H groups in total. The lowest BCUT2D eigenvalue weighted by molar-refractivity contribution is 0.0369. The number of hydrogen-bond acceptors (Lipinski definition) is 3. The summed E-state index contributed by atoms with van der Waals surface area (Å²) in [7, 11) is 0. The summed E-state index contributed by atoms with van der Waals surface area (Å²) in [6.07, 6.45) is 2.50. The Morgan fingerprint density at radius 3 is 2.73 bits per heavy atom. The highest BCUT2D eigenvalue weighted by Gasteiger charge is 2.11. The van der Waals surface area contributed by atoms with Crippen LogP contribution in [-0.2, 0) is 4.74 Å². The van der Waals surface area contributed by atoms with Gasteiger partial charge in [-0.25, -0.2) is 0 Å². The Kier molecular flexibility index (Phi) is 5.36. The molecule has 1 rings (SSSR count). The van der Waals surface area contributed by atoms with Gasteiger partial charge in [0.05, 0.1) is 19.0 Å². The quantitative estimate of drug-likeness (QED) is 0.548. The van der Waals surface area contributed by atoms with Crippen LogP contribution in [0.15, 0.2) is 12.8 Å². The lowest BCUT2D eigenvalue weighted by Gasteiger charge is -2.29. The molecule has 4 nitrogen and oxygen atoms in total. The van der Waals surface area contributed by atoms with E-state index in [2.05, 4.69) is 11.5 Å². The third kappa shape index (κ3) is 4.01. The third-order valence-electron chi connectivity index (χ3n) is 2.66. The number of morpholine rings is 1. The molecule has 86 valence electrons. The van der Waals surface area contributed by atoms with Crippen molar-refractivity contribution in [2.45, 2.75) is 13.3 Å². The van der Waals surface area contributed by atoms with Gasteiger partial charge in [-0.2, -0.15) is 0 Å². The largest absolute Gasteiger partial charge is 0.379 e. The van der Waals surface area contributed by atoms with Crippen molar-refractivity contribution in [1.29, 1.82) is 5.41 Å². The molecule has 0 saturated carbocycles. The summed E-state index contributed by atoms with van der Waals surface area (Å²) in [6.45, 7) is 11.2. The van der Waals surface area contributed by atoms with Crippen LogP contribution in [0.5, 0.6) is 0 Å².